The second-order valence-corrected chi connectivity index (χ2v) is 3.59. The van der Waals surface area contributed by atoms with E-state index in [4.69, 9.17) is 4.42 Å². The maximum Gasteiger partial charge on any atom is 0.201 e. The molecule has 0 bridgehead atoms. The first kappa shape index (κ1) is 7.59. The Morgan fingerprint density at radius 1 is 1.58 bits per heavy atom. The zero-order valence-corrected chi connectivity index (χ0v) is 7.33. The van der Waals surface area contributed by atoms with Crippen molar-refractivity contribution in [1.82, 2.24) is 0 Å². The molecule has 1 heterocycles. The number of ketones is 1. The number of aryl methyl sites for hydroxylation is 1. The molecule has 1 aromatic rings. The van der Waals surface area contributed by atoms with Gasteiger partial charge in [0.1, 0.15) is 5.76 Å². The van der Waals surface area contributed by atoms with Gasteiger partial charge in [-0.2, -0.15) is 0 Å². The summed E-state index contributed by atoms with van der Waals surface area (Å²) < 4.78 is 5.25. The molecule has 0 radical (unpaired) electrons. The highest BCUT2D eigenvalue weighted by Gasteiger charge is 2.40. The van der Waals surface area contributed by atoms with Crippen molar-refractivity contribution < 1.29 is 9.21 Å². The fourth-order valence-electron chi connectivity index (χ4n) is 1.44. The molecular weight excluding hydrogens is 152 g/mol. The first-order chi connectivity index (χ1) is 5.68. The lowest BCUT2D eigenvalue weighted by Gasteiger charge is -1.91. The van der Waals surface area contributed by atoms with Crippen molar-refractivity contribution in [2.75, 3.05) is 0 Å². The summed E-state index contributed by atoms with van der Waals surface area (Å²) in [4.78, 5) is 11.5. The molecule has 0 N–H and O–H groups in total. The molecule has 12 heavy (non-hydrogen) atoms. The summed E-state index contributed by atoms with van der Waals surface area (Å²) in [5.74, 6) is 2.31. The van der Waals surface area contributed by atoms with Gasteiger partial charge in [-0.25, -0.2) is 0 Å². The minimum absolute atomic E-state index is 0.176. The monoisotopic (exact) mass is 164 g/mol. The number of furan rings is 1. The van der Waals surface area contributed by atoms with Crippen molar-refractivity contribution in [3.05, 3.63) is 23.7 Å². The molecule has 1 aliphatic rings. The van der Waals surface area contributed by atoms with Gasteiger partial charge in [0.15, 0.2) is 5.76 Å². The zero-order chi connectivity index (χ0) is 8.72. The lowest BCUT2D eigenvalue weighted by atomic mass is 10.2. The van der Waals surface area contributed by atoms with Crippen LogP contribution in [0.3, 0.4) is 0 Å². The Labute approximate surface area is 71.6 Å². The number of carbonyl (C=O) groups is 1. The lowest BCUT2D eigenvalue weighted by Crippen LogP contribution is -2.00. The minimum Gasteiger partial charge on any atom is -0.458 e. The molecule has 2 heteroatoms. The van der Waals surface area contributed by atoms with Gasteiger partial charge < -0.3 is 4.42 Å². The molecule has 2 atom stereocenters. The second-order valence-electron chi connectivity index (χ2n) is 3.59. The number of hydrogen-bond donors (Lipinski definition) is 0. The lowest BCUT2D eigenvalue weighted by molar-refractivity contribution is 0.0933. The Bertz CT molecular complexity index is 311. The fraction of sp³-hybridized carbons (Fsp3) is 0.500. The predicted molar refractivity (Wildman–Crippen MR) is 45.0 cm³/mol. The fourth-order valence-corrected chi connectivity index (χ4v) is 1.44. The standard InChI is InChI=1S/C10H12O2/c1-6-5-8(6)10(11)9-4-3-7(2)12-9/h3-4,6,8H,5H2,1-2H3. The van der Waals surface area contributed by atoms with Gasteiger partial charge in [-0.1, -0.05) is 6.92 Å². The van der Waals surface area contributed by atoms with Gasteiger partial charge in [-0.3, -0.25) is 4.79 Å². The summed E-state index contributed by atoms with van der Waals surface area (Å²) in [5, 5.41) is 0. The molecule has 1 aliphatic carbocycles. The normalized spacial score (nSPS) is 27.2. The van der Waals surface area contributed by atoms with E-state index in [-0.39, 0.29) is 11.7 Å². The van der Waals surface area contributed by atoms with Gasteiger partial charge >= 0.3 is 0 Å². The smallest absolute Gasteiger partial charge is 0.201 e. The van der Waals surface area contributed by atoms with Gasteiger partial charge in [0, 0.05) is 5.92 Å². The molecule has 64 valence electrons. The molecule has 1 saturated carbocycles. The predicted octanol–water partition coefficient (Wildman–Crippen LogP) is 2.43. The van der Waals surface area contributed by atoms with Gasteiger partial charge in [-0.05, 0) is 31.4 Å². The van der Waals surface area contributed by atoms with Crippen molar-refractivity contribution in [2.24, 2.45) is 11.8 Å². The molecule has 2 unspecified atom stereocenters. The Balaban J connectivity index is 2.15. The van der Waals surface area contributed by atoms with E-state index < -0.39 is 0 Å². The number of hydrogen-bond acceptors (Lipinski definition) is 2. The summed E-state index contributed by atoms with van der Waals surface area (Å²) >= 11 is 0. The van der Waals surface area contributed by atoms with Crippen molar-refractivity contribution >= 4 is 5.78 Å². The highest BCUT2D eigenvalue weighted by Crippen LogP contribution is 2.40. The first-order valence-corrected chi connectivity index (χ1v) is 4.29. The van der Waals surface area contributed by atoms with Crippen LogP contribution in [0.2, 0.25) is 0 Å². The van der Waals surface area contributed by atoms with Crippen LogP contribution in [0.15, 0.2) is 16.5 Å². The Morgan fingerprint density at radius 3 is 2.67 bits per heavy atom. The summed E-state index contributed by atoms with van der Waals surface area (Å²) in [6.07, 6.45) is 1.03. The number of Topliss-reactive ketones (excluding diaryl/α,β-unsaturated/α-hetero) is 1. The Morgan fingerprint density at radius 2 is 2.25 bits per heavy atom. The third kappa shape index (κ3) is 1.17. The summed E-state index contributed by atoms with van der Waals surface area (Å²) in [5.41, 5.74) is 0. The highest BCUT2D eigenvalue weighted by molar-refractivity contribution is 5.97. The first-order valence-electron chi connectivity index (χ1n) is 4.29. The van der Waals surface area contributed by atoms with E-state index in [9.17, 15) is 4.79 Å². The van der Waals surface area contributed by atoms with E-state index in [1.54, 1.807) is 6.07 Å². The van der Waals surface area contributed by atoms with Crippen LogP contribution in [0.25, 0.3) is 0 Å². The van der Waals surface area contributed by atoms with Gasteiger partial charge in [0.05, 0.1) is 0 Å². The van der Waals surface area contributed by atoms with E-state index in [0.717, 1.165) is 12.2 Å². The van der Waals surface area contributed by atoms with Gasteiger partial charge in [0.25, 0.3) is 0 Å². The van der Waals surface area contributed by atoms with E-state index in [0.29, 0.717) is 11.7 Å². The minimum atomic E-state index is 0.176. The summed E-state index contributed by atoms with van der Waals surface area (Å²) in [6, 6.07) is 3.60. The molecule has 0 aromatic carbocycles. The average molecular weight is 164 g/mol. The molecule has 0 saturated heterocycles. The van der Waals surface area contributed by atoms with E-state index >= 15 is 0 Å². The summed E-state index contributed by atoms with van der Waals surface area (Å²) in [6.45, 7) is 3.95. The average Bonchev–Trinajstić information content (AvgIpc) is 2.58. The van der Waals surface area contributed by atoms with Gasteiger partial charge in [0.2, 0.25) is 5.78 Å². The Kier molecular flexibility index (Phi) is 1.56. The molecular formula is C10H12O2. The number of rotatable bonds is 2. The second kappa shape index (κ2) is 2.47. The van der Waals surface area contributed by atoms with E-state index in [1.165, 1.54) is 0 Å². The SMILES string of the molecule is Cc1ccc(C(=O)C2CC2C)o1. The maximum atomic E-state index is 11.5. The maximum absolute atomic E-state index is 11.5. The largest absolute Gasteiger partial charge is 0.458 e. The van der Waals surface area contributed by atoms with E-state index in [2.05, 4.69) is 6.92 Å². The van der Waals surface area contributed by atoms with Crippen LogP contribution in [0, 0.1) is 18.8 Å². The zero-order valence-electron chi connectivity index (χ0n) is 7.33. The van der Waals surface area contributed by atoms with Crippen molar-refractivity contribution in [3.63, 3.8) is 0 Å². The summed E-state index contributed by atoms with van der Waals surface area (Å²) in [7, 11) is 0. The third-order valence-electron chi connectivity index (χ3n) is 2.43. The van der Waals surface area contributed by atoms with Crippen LogP contribution in [-0.2, 0) is 0 Å². The molecule has 0 aliphatic heterocycles. The van der Waals surface area contributed by atoms with Crippen LogP contribution in [0.1, 0.15) is 29.7 Å². The van der Waals surface area contributed by atoms with Crippen molar-refractivity contribution in [2.45, 2.75) is 20.3 Å². The highest BCUT2D eigenvalue weighted by atomic mass is 16.3. The van der Waals surface area contributed by atoms with Crippen molar-refractivity contribution in [1.29, 1.82) is 0 Å². The molecule has 1 aromatic heterocycles. The third-order valence-corrected chi connectivity index (χ3v) is 2.43. The van der Waals surface area contributed by atoms with Crippen LogP contribution in [0.5, 0.6) is 0 Å². The van der Waals surface area contributed by atoms with Crippen LogP contribution in [-0.4, -0.2) is 5.78 Å². The molecule has 2 rings (SSSR count). The van der Waals surface area contributed by atoms with Crippen LogP contribution < -0.4 is 0 Å². The quantitative estimate of drug-likeness (QED) is 0.628. The Hall–Kier alpha value is -1.05. The topological polar surface area (TPSA) is 30.2 Å². The van der Waals surface area contributed by atoms with Crippen LogP contribution in [0.4, 0.5) is 0 Å². The molecule has 1 fully saturated rings. The molecule has 0 spiro atoms. The van der Waals surface area contributed by atoms with Gasteiger partial charge in [-0.15, -0.1) is 0 Å². The van der Waals surface area contributed by atoms with Crippen molar-refractivity contribution in [3.8, 4) is 0 Å². The molecule has 2 nitrogen and oxygen atoms in total. The van der Waals surface area contributed by atoms with Crippen LogP contribution >= 0.6 is 0 Å². The van der Waals surface area contributed by atoms with E-state index in [1.807, 2.05) is 13.0 Å². The number of carbonyl (C=O) groups excluding carboxylic acids is 1. The molecule has 0 amide bonds.